The lowest BCUT2D eigenvalue weighted by molar-refractivity contribution is -0.384. The quantitative estimate of drug-likeness (QED) is 0.411. The van der Waals surface area contributed by atoms with Gasteiger partial charge in [-0.25, -0.2) is 9.78 Å². The molecule has 0 saturated carbocycles. The smallest absolute Gasteiger partial charge is 0.416 e. The Kier molecular flexibility index (Phi) is 6.09. The SMILES string of the molecule is COC(=O)c1cccc(C(=O)N2CCN(c3ccc(C(F)(F)F)cc3[N+](=O)[O-])CC2)n1. The summed E-state index contributed by atoms with van der Waals surface area (Å²) in [5, 5.41) is 11.3. The summed E-state index contributed by atoms with van der Waals surface area (Å²) < 4.78 is 43.3. The molecule has 0 atom stereocenters. The largest absolute Gasteiger partial charge is 0.464 e. The molecular weight excluding hydrogens is 421 g/mol. The number of hydrogen-bond donors (Lipinski definition) is 0. The number of carbonyl (C=O) groups excluding carboxylic acids is 2. The third kappa shape index (κ3) is 4.73. The first kappa shape index (κ1) is 22.0. The number of alkyl halides is 3. The predicted molar refractivity (Wildman–Crippen MR) is 102 cm³/mol. The molecule has 2 aromatic rings. The number of hydrogen-bond acceptors (Lipinski definition) is 7. The Bertz CT molecular complexity index is 1020. The standard InChI is InChI=1S/C19H17F3N4O5/c1-31-18(28)14-4-2-3-13(23-14)17(27)25-9-7-24(8-10-25)15-6-5-12(19(20,21)22)11-16(15)26(29)30/h2-6,11H,7-10H2,1H3. The molecule has 3 rings (SSSR count). The molecule has 1 saturated heterocycles. The maximum absolute atomic E-state index is 12.9. The summed E-state index contributed by atoms with van der Waals surface area (Å²) in [5.74, 6) is -1.12. The van der Waals surface area contributed by atoms with Crippen molar-refractivity contribution in [2.45, 2.75) is 6.18 Å². The van der Waals surface area contributed by atoms with Crippen LogP contribution >= 0.6 is 0 Å². The molecule has 0 spiro atoms. The van der Waals surface area contributed by atoms with Crippen LogP contribution in [-0.4, -0.2) is 60.0 Å². The maximum Gasteiger partial charge on any atom is 0.416 e. The van der Waals surface area contributed by atoms with Crippen molar-refractivity contribution in [2.24, 2.45) is 0 Å². The van der Waals surface area contributed by atoms with Crippen molar-refractivity contribution >= 4 is 23.3 Å². The van der Waals surface area contributed by atoms with E-state index in [0.717, 1.165) is 12.1 Å². The fraction of sp³-hybridized carbons (Fsp3) is 0.316. The second-order valence-electron chi connectivity index (χ2n) is 6.64. The van der Waals surface area contributed by atoms with E-state index in [-0.39, 0.29) is 43.3 Å². The number of piperazine rings is 1. The fourth-order valence-electron chi connectivity index (χ4n) is 3.20. The predicted octanol–water partition coefficient (Wildman–Crippen LogP) is 2.76. The number of aromatic nitrogens is 1. The monoisotopic (exact) mass is 438 g/mol. The minimum absolute atomic E-state index is 0.0210. The summed E-state index contributed by atoms with van der Waals surface area (Å²) >= 11 is 0. The van der Waals surface area contributed by atoms with Crippen molar-refractivity contribution in [1.82, 2.24) is 9.88 Å². The van der Waals surface area contributed by atoms with Gasteiger partial charge >= 0.3 is 12.1 Å². The highest BCUT2D eigenvalue weighted by Gasteiger charge is 2.34. The molecule has 0 bridgehead atoms. The van der Waals surface area contributed by atoms with E-state index in [4.69, 9.17) is 0 Å². The van der Waals surface area contributed by atoms with Crippen LogP contribution in [0.3, 0.4) is 0 Å². The number of nitro benzene ring substituents is 1. The van der Waals surface area contributed by atoms with E-state index in [2.05, 4.69) is 9.72 Å². The summed E-state index contributed by atoms with van der Waals surface area (Å²) in [6, 6.07) is 6.72. The molecule has 1 fully saturated rings. The van der Waals surface area contributed by atoms with E-state index < -0.39 is 34.2 Å². The summed E-state index contributed by atoms with van der Waals surface area (Å²) in [6.07, 6.45) is -4.69. The molecule has 1 amide bonds. The van der Waals surface area contributed by atoms with Gasteiger partial charge in [-0.2, -0.15) is 13.2 Å². The fourth-order valence-corrected chi connectivity index (χ4v) is 3.20. The van der Waals surface area contributed by atoms with E-state index in [9.17, 15) is 32.9 Å². The Hall–Kier alpha value is -3.70. The average molecular weight is 438 g/mol. The Morgan fingerprint density at radius 3 is 2.32 bits per heavy atom. The maximum atomic E-state index is 12.9. The minimum atomic E-state index is -4.69. The van der Waals surface area contributed by atoms with Crippen LogP contribution in [0.15, 0.2) is 36.4 Å². The molecule has 31 heavy (non-hydrogen) atoms. The Morgan fingerprint density at radius 1 is 1.10 bits per heavy atom. The van der Waals surface area contributed by atoms with Crippen molar-refractivity contribution in [1.29, 1.82) is 0 Å². The molecule has 0 N–H and O–H groups in total. The topological polar surface area (TPSA) is 106 Å². The van der Waals surface area contributed by atoms with E-state index >= 15 is 0 Å². The zero-order chi connectivity index (χ0) is 22.8. The number of carbonyl (C=O) groups is 2. The number of esters is 1. The Labute approximate surface area is 174 Å². The number of nitro groups is 1. The normalized spacial score (nSPS) is 14.3. The number of nitrogens with zero attached hydrogens (tertiary/aromatic N) is 4. The molecule has 1 aliphatic rings. The van der Waals surface area contributed by atoms with E-state index in [1.807, 2.05) is 0 Å². The van der Waals surface area contributed by atoms with E-state index in [0.29, 0.717) is 6.07 Å². The summed E-state index contributed by atoms with van der Waals surface area (Å²) in [4.78, 5) is 41.7. The molecule has 0 radical (unpaired) electrons. The van der Waals surface area contributed by atoms with Gasteiger partial charge in [-0.15, -0.1) is 0 Å². The molecule has 1 aliphatic heterocycles. The first-order valence-electron chi connectivity index (χ1n) is 9.07. The van der Waals surface area contributed by atoms with Crippen molar-refractivity contribution in [3.05, 3.63) is 63.5 Å². The summed E-state index contributed by atoms with van der Waals surface area (Å²) in [5.41, 5.74) is -1.68. The first-order valence-corrected chi connectivity index (χ1v) is 9.07. The van der Waals surface area contributed by atoms with Crippen LogP contribution in [0.1, 0.15) is 26.5 Å². The van der Waals surface area contributed by atoms with Gasteiger partial charge in [-0.05, 0) is 24.3 Å². The number of halogens is 3. The minimum Gasteiger partial charge on any atom is -0.464 e. The van der Waals surface area contributed by atoms with E-state index in [1.165, 1.54) is 30.2 Å². The zero-order valence-electron chi connectivity index (χ0n) is 16.3. The number of ether oxygens (including phenoxy) is 1. The number of amides is 1. The second kappa shape index (κ2) is 8.58. The highest BCUT2D eigenvalue weighted by atomic mass is 19.4. The molecular formula is C19H17F3N4O5. The lowest BCUT2D eigenvalue weighted by Crippen LogP contribution is -2.49. The van der Waals surface area contributed by atoms with Crippen LogP contribution in [-0.2, 0) is 10.9 Å². The molecule has 9 nitrogen and oxygen atoms in total. The molecule has 0 aliphatic carbocycles. The molecule has 1 aromatic heterocycles. The van der Waals surface area contributed by atoms with Crippen molar-refractivity contribution in [2.75, 3.05) is 38.2 Å². The molecule has 12 heteroatoms. The van der Waals surface area contributed by atoms with Crippen LogP contribution in [0.5, 0.6) is 0 Å². The second-order valence-corrected chi connectivity index (χ2v) is 6.64. The van der Waals surface area contributed by atoms with Crippen molar-refractivity contribution in [3.63, 3.8) is 0 Å². The zero-order valence-corrected chi connectivity index (χ0v) is 16.3. The van der Waals surface area contributed by atoms with Gasteiger partial charge < -0.3 is 14.5 Å². The highest BCUT2D eigenvalue weighted by Crippen LogP contribution is 2.36. The third-order valence-corrected chi connectivity index (χ3v) is 4.77. The van der Waals surface area contributed by atoms with Crippen molar-refractivity contribution < 1.29 is 32.4 Å². The van der Waals surface area contributed by atoms with Crippen LogP contribution in [0, 0.1) is 10.1 Å². The number of pyridine rings is 1. The third-order valence-electron chi connectivity index (χ3n) is 4.77. The lowest BCUT2D eigenvalue weighted by atomic mass is 10.1. The highest BCUT2D eigenvalue weighted by molar-refractivity contribution is 5.94. The number of benzene rings is 1. The molecule has 2 heterocycles. The van der Waals surface area contributed by atoms with Gasteiger partial charge in [0.05, 0.1) is 17.6 Å². The van der Waals surface area contributed by atoms with Crippen LogP contribution in [0.4, 0.5) is 24.5 Å². The van der Waals surface area contributed by atoms with Gasteiger partial charge in [-0.1, -0.05) is 6.07 Å². The number of rotatable bonds is 4. The van der Waals surface area contributed by atoms with E-state index in [1.54, 1.807) is 4.90 Å². The van der Waals surface area contributed by atoms with Crippen LogP contribution < -0.4 is 4.90 Å². The Balaban J connectivity index is 1.75. The number of anilines is 1. The summed E-state index contributed by atoms with van der Waals surface area (Å²) in [6.45, 7) is 0.686. The lowest BCUT2D eigenvalue weighted by Gasteiger charge is -2.35. The van der Waals surface area contributed by atoms with Gasteiger partial charge in [-0.3, -0.25) is 14.9 Å². The van der Waals surface area contributed by atoms with Crippen molar-refractivity contribution in [3.8, 4) is 0 Å². The van der Waals surface area contributed by atoms with Crippen LogP contribution in [0.2, 0.25) is 0 Å². The summed E-state index contributed by atoms with van der Waals surface area (Å²) in [7, 11) is 1.19. The van der Waals surface area contributed by atoms with Gasteiger partial charge in [0, 0.05) is 32.2 Å². The molecule has 164 valence electrons. The Morgan fingerprint density at radius 2 is 1.74 bits per heavy atom. The number of methoxy groups -OCH3 is 1. The first-order chi connectivity index (χ1) is 14.6. The van der Waals surface area contributed by atoms with Crippen LogP contribution in [0.25, 0.3) is 0 Å². The average Bonchev–Trinajstić information content (AvgIpc) is 2.77. The van der Waals surface area contributed by atoms with Gasteiger partial charge in [0.2, 0.25) is 0 Å². The van der Waals surface area contributed by atoms with Gasteiger partial charge in [0.25, 0.3) is 11.6 Å². The molecule has 1 aromatic carbocycles. The van der Waals surface area contributed by atoms with Gasteiger partial charge in [0.1, 0.15) is 17.1 Å². The molecule has 0 unspecified atom stereocenters. The van der Waals surface area contributed by atoms with Gasteiger partial charge in [0.15, 0.2) is 0 Å².